The molecule has 1 aliphatic heterocycles. The van der Waals surface area contributed by atoms with E-state index in [-0.39, 0.29) is 17.8 Å². The highest BCUT2D eigenvalue weighted by Gasteiger charge is 2.30. The molecular weight excluding hydrogens is 311 g/mol. The fourth-order valence-electron chi connectivity index (χ4n) is 3.10. The van der Waals surface area contributed by atoms with E-state index in [1.807, 2.05) is 6.92 Å². The molecule has 2 heterocycles. The lowest BCUT2D eigenvalue weighted by atomic mass is 10.0. The van der Waals surface area contributed by atoms with Crippen molar-refractivity contribution in [2.75, 3.05) is 13.7 Å². The third-order valence-corrected chi connectivity index (χ3v) is 4.40. The van der Waals surface area contributed by atoms with Crippen molar-refractivity contribution in [3.8, 4) is 11.5 Å². The second kappa shape index (κ2) is 7.13. The van der Waals surface area contributed by atoms with Crippen LogP contribution in [-0.2, 0) is 16.1 Å². The Morgan fingerprint density at radius 3 is 3.04 bits per heavy atom. The first-order valence-corrected chi connectivity index (χ1v) is 8.12. The minimum Gasteiger partial charge on any atom is -0.468 e. The largest absolute Gasteiger partial charge is 0.468 e. The van der Waals surface area contributed by atoms with E-state index >= 15 is 0 Å². The van der Waals surface area contributed by atoms with Crippen LogP contribution in [0.3, 0.4) is 0 Å². The van der Waals surface area contributed by atoms with Crippen molar-refractivity contribution < 1.29 is 18.3 Å². The van der Waals surface area contributed by atoms with Gasteiger partial charge >= 0.3 is 5.97 Å². The molecule has 0 spiro atoms. The fourth-order valence-corrected chi connectivity index (χ4v) is 3.10. The Bertz CT molecular complexity index is 729. The van der Waals surface area contributed by atoms with Gasteiger partial charge in [-0.3, -0.25) is 9.69 Å². The van der Waals surface area contributed by atoms with Crippen LogP contribution in [0.25, 0.3) is 11.5 Å². The van der Waals surface area contributed by atoms with Gasteiger partial charge in [-0.15, -0.1) is 0 Å². The van der Waals surface area contributed by atoms with Crippen molar-refractivity contribution in [2.45, 2.75) is 38.8 Å². The number of hydrogen-bond donors (Lipinski definition) is 0. The van der Waals surface area contributed by atoms with E-state index in [0.29, 0.717) is 23.8 Å². The maximum atomic E-state index is 13.4. The molecule has 1 fully saturated rings. The molecule has 0 aliphatic carbocycles. The van der Waals surface area contributed by atoms with Gasteiger partial charge in [0.15, 0.2) is 0 Å². The zero-order chi connectivity index (χ0) is 17.1. The van der Waals surface area contributed by atoms with Gasteiger partial charge in [-0.25, -0.2) is 9.37 Å². The van der Waals surface area contributed by atoms with E-state index in [1.165, 1.54) is 19.2 Å². The lowest BCUT2D eigenvalue weighted by molar-refractivity contribution is -0.148. The smallest absolute Gasteiger partial charge is 0.323 e. The van der Waals surface area contributed by atoms with Gasteiger partial charge in [-0.1, -0.05) is 12.5 Å². The number of aromatic nitrogens is 1. The number of ether oxygens (including phenoxy) is 1. The molecule has 0 unspecified atom stereocenters. The minimum atomic E-state index is -0.327. The van der Waals surface area contributed by atoms with E-state index < -0.39 is 0 Å². The summed E-state index contributed by atoms with van der Waals surface area (Å²) in [4.78, 5) is 18.6. The van der Waals surface area contributed by atoms with Crippen molar-refractivity contribution in [1.82, 2.24) is 9.88 Å². The first-order chi connectivity index (χ1) is 11.6. The van der Waals surface area contributed by atoms with Crippen molar-refractivity contribution >= 4 is 5.97 Å². The van der Waals surface area contributed by atoms with Gasteiger partial charge in [0.2, 0.25) is 5.89 Å². The standard InChI is InChI=1S/C18H21FN2O3/c1-12-15(11-21-9-4-3-8-16(21)18(22)23-2)20-17(24-12)13-6-5-7-14(19)10-13/h5-7,10,16H,3-4,8-9,11H2,1-2H3/t16-/m0/s1. The molecule has 1 atom stereocenters. The summed E-state index contributed by atoms with van der Waals surface area (Å²) >= 11 is 0. The predicted molar refractivity (Wildman–Crippen MR) is 86.7 cm³/mol. The van der Waals surface area contributed by atoms with Gasteiger partial charge in [0, 0.05) is 12.1 Å². The summed E-state index contributed by atoms with van der Waals surface area (Å²) in [5.41, 5.74) is 1.37. The summed E-state index contributed by atoms with van der Waals surface area (Å²) in [6, 6.07) is 5.93. The third kappa shape index (κ3) is 3.48. The molecule has 6 heteroatoms. The number of carbonyl (C=O) groups excluding carboxylic acids is 1. The Kier molecular flexibility index (Phi) is 4.94. The summed E-state index contributed by atoms with van der Waals surface area (Å²) in [5, 5.41) is 0. The average Bonchev–Trinajstić information content (AvgIpc) is 2.95. The SMILES string of the molecule is COC(=O)[C@@H]1CCCCN1Cc1nc(-c2cccc(F)c2)oc1C. The van der Waals surface area contributed by atoms with E-state index in [9.17, 15) is 9.18 Å². The second-order valence-corrected chi connectivity index (χ2v) is 6.04. The molecule has 1 aliphatic rings. The van der Waals surface area contributed by atoms with Crippen LogP contribution in [0.4, 0.5) is 4.39 Å². The number of rotatable bonds is 4. The van der Waals surface area contributed by atoms with Crippen LogP contribution >= 0.6 is 0 Å². The van der Waals surface area contributed by atoms with Crippen LogP contribution in [0.1, 0.15) is 30.7 Å². The van der Waals surface area contributed by atoms with Crippen LogP contribution in [0.2, 0.25) is 0 Å². The van der Waals surface area contributed by atoms with E-state index in [4.69, 9.17) is 9.15 Å². The Hall–Kier alpha value is -2.21. The normalized spacial score (nSPS) is 18.5. The minimum absolute atomic E-state index is 0.207. The number of aryl methyl sites for hydroxylation is 1. The zero-order valence-electron chi connectivity index (χ0n) is 13.9. The van der Waals surface area contributed by atoms with Crippen LogP contribution in [-0.4, -0.2) is 35.5 Å². The maximum Gasteiger partial charge on any atom is 0.323 e. The van der Waals surface area contributed by atoms with Crippen LogP contribution in [0.5, 0.6) is 0 Å². The molecule has 1 aromatic heterocycles. The number of carbonyl (C=O) groups is 1. The number of piperidine rings is 1. The van der Waals surface area contributed by atoms with Crippen LogP contribution in [0, 0.1) is 12.7 Å². The molecule has 24 heavy (non-hydrogen) atoms. The van der Waals surface area contributed by atoms with Gasteiger partial charge in [-0.05, 0) is 44.5 Å². The Balaban J connectivity index is 1.81. The first-order valence-electron chi connectivity index (χ1n) is 8.12. The molecular formula is C18H21FN2O3. The number of nitrogens with zero attached hydrogens (tertiary/aromatic N) is 2. The zero-order valence-corrected chi connectivity index (χ0v) is 13.9. The Labute approximate surface area is 140 Å². The number of halogens is 1. The van der Waals surface area contributed by atoms with Gasteiger partial charge < -0.3 is 9.15 Å². The van der Waals surface area contributed by atoms with Crippen molar-refractivity contribution in [1.29, 1.82) is 0 Å². The lowest BCUT2D eigenvalue weighted by Gasteiger charge is -2.33. The summed E-state index contributed by atoms with van der Waals surface area (Å²) in [5.74, 6) is 0.546. The molecule has 1 saturated heterocycles. The summed E-state index contributed by atoms with van der Waals surface area (Å²) in [6.07, 6.45) is 2.85. The summed E-state index contributed by atoms with van der Waals surface area (Å²) < 4.78 is 24.0. The summed E-state index contributed by atoms with van der Waals surface area (Å²) in [6.45, 7) is 3.17. The molecule has 0 bridgehead atoms. The quantitative estimate of drug-likeness (QED) is 0.804. The Morgan fingerprint density at radius 2 is 2.29 bits per heavy atom. The van der Waals surface area contributed by atoms with Crippen LogP contribution < -0.4 is 0 Å². The molecule has 1 aromatic carbocycles. The van der Waals surface area contributed by atoms with Gasteiger partial charge in [0.25, 0.3) is 0 Å². The number of benzene rings is 1. The van der Waals surface area contributed by atoms with Gasteiger partial charge in [0.1, 0.15) is 17.6 Å². The molecule has 5 nitrogen and oxygen atoms in total. The molecule has 3 rings (SSSR count). The number of oxazole rings is 1. The maximum absolute atomic E-state index is 13.4. The number of hydrogen-bond acceptors (Lipinski definition) is 5. The molecule has 0 saturated carbocycles. The van der Waals surface area contributed by atoms with E-state index in [1.54, 1.807) is 12.1 Å². The average molecular weight is 332 g/mol. The molecule has 0 N–H and O–H groups in total. The summed E-state index contributed by atoms with van der Waals surface area (Å²) in [7, 11) is 1.42. The number of esters is 1. The Morgan fingerprint density at radius 1 is 1.46 bits per heavy atom. The van der Waals surface area contributed by atoms with E-state index in [0.717, 1.165) is 31.5 Å². The monoisotopic (exact) mass is 332 g/mol. The molecule has 0 radical (unpaired) electrons. The highest BCUT2D eigenvalue weighted by Crippen LogP contribution is 2.26. The van der Waals surface area contributed by atoms with Gasteiger partial charge in [-0.2, -0.15) is 0 Å². The number of likely N-dealkylation sites (tertiary alicyclic amines) is 1. The molecule has 0 amide bonds. The number of methoxy groups -OCH3 is 1. The van der Waals surface area contributed by atoms with E-state index in [2.05, 4.69) is 9.88 Å². The van der Waals surface area contributed by atoms with Gasteiger partial charge in [0.05, 0.1) is 12.8 Å². The third-order valence-electron chi connectivity index (χ3n) is 4.40. The highest BCUT2D eigenvalue weighted by molar-refractivity contribution is 5.75. The van der Waals surface area contributed by atoms with Crippen LogP contribution in [0.15, 0.2) is 28.7 Å². The first kappa shape index (κ1) is 16.6. The predicted octanol–water partition coefficient (Wildman–Crippen LogP) is 3.32. The fraction of sp³-hybridized carbons (Fsp3) is 0.444. The molecule has 128 valence electrons. The van der Waals surface area contributed by atoms with Crippen molar-refractivity contribution in [3.05, 3.63) is 41.5 Å². The van der Waals surface area contributed by atoms with Crippen molar-refractivity contribution in [2.24, 2.45) is 0 Å². The topological polar surface area (TPSA) is 55.6 Å². The molecule has 2 aromatic rings. The lowest BCUT2D eigenvalue weighted by Crippen LogP contribution is -2.44. The highest BCUT2D eigenvalue weighted by atomic mass is 19.1. The second-order valence-electron chi connectivity index (χ2n) is 6.04. The van der Waals surface area contributed by atoms with Crippen molar-refractivity contribution in [3.63, 3.8) is 0 Å².